The molecule has 1 spiro atoms. The fraction of sp³-hybridized carbons (Fsp3) is 0.435. The van der Waals surface area contributed by atoms with Gasteiger partial charge < -0.3 is 9.84 Å². The van der Waals surface area contributed by atoms with Crippen LogP contribution in [-0.2, 0) is 10.2 Å². The summed E-state index contributed by atoms with van der Waals surface area (Å²) in [5.41, 5.74) is 3.65. The number of nitrogens with zero attached hydrogens (tertiary/aromatic N) is 1. The van der Waals surface area contributed by atoms with Gasteiger partial charge in [-0.15, -0.1) is 12.4 Å². The van der Waals surface area contributed by atoms with Crippen molar-refractivity contribution in [1.29, 1.82) is 0 Å². The van der Waals surface area contributed by atoms with Gasteiger partial charge in [-0.05, 0) is 73.5 Å². The first-order chi connectivity index (χ1) is 14.0. The molecular weight excluding hydrogens is 445 g/mol. The van der Waals surface area contributed by atoms with Crippen molar-refractivity contribution in [1.82, 2.24) is 4.90 Å². The van der Waals surface area contributed by atoms with E-state index in [1.807, 2.05) is 23.1 Å². The summed E-state index contributed by atoms with van der Waals surface area (Å²) in [7, 11) is 0. The molecule has 160 valence electrons. The van der Waals surface area contributed by atoms with Gasteiger partial charge in [-0.25, -0.2) is 0 Å². The van der Waals surface area contributed by atoms with Gasteiger partial charge in [0, 0.05) is 21.0 Å². The zero-order chi connectivity index (χ0) is 20.2. The molecule has 2 fully saturated rings. The SMILES string of the molecule is Cl.O=C(O)CN1CCC2(CC1)COc1cc(C3CC3c3c(Cl)cccc3Cl)ccc12. The van der Waals surface area contributed by atoms with Crippen LogP contribution in [-0.4, -0.2) is 42.2 Å². The monoisotopic (exact) mass is 467 g/mol. The Balaban J connectivity index is 0.00000218. The van der Waals surface area contributed by atoms with Crippen LogP contribution in [0.4, 0.5) is 0 Å². The van der Waals surface area contributed by atoms with Gasteiger partial charge in [-0.1, -0.05) is 41.4 Å². The van der Waals surface area contributed by atoms with Crippen LogP contribution < -0.4 is 4.74 Å². The number of hydrogen-bond acceptors (Lipinski definition) is 3. The van der Waals surface area contributed by atoms with E-state index in [1.54, 1.807) is 0 Å². The Morgan fingerprint density at radius 3 is 2.50 bits per heavy atom. The van der Waals surface area contributed by atoms with Crippen molar-refractivity contribution in [2.45, 2.75) is 36.5 Å². The standard InChI is InChI=1S/C23H23Cl2NO3.ClH/c24-18-2-1-3-19(25)22(18)16-11-15(16)14-4-5-17-20(10-14)29-13-23(17)6-8-26(9-7-23)12-21(27)28;/h1-5,10,15-16H,6-9,11-13H2,(H,27,28);1H. The van der Waals surface area contributed by atoms with E-state index >= 15 is 0 Å². The first kappa shape index (κ1) is 21.8. The van der Waals surface area contributed by atoms with Crippen molar-refractivity contribution in [2.75, 3.05) is 26.2 Å². The highest BCUT2D eigenvalue weighted by Gasteiger charge is 2.45. The first-order valence-electron chi connectivity index (χ1n) is 10.1. The second kappa shape index (κ2) is 8.23. The third kappa shape index (κ3) is 3.80. The number of benzene rings is 2. The van der Waals surface area contributed by atoms with Gasteiger partial charge in [-0.2, -0.15) is 0 Å². The number of carboxylic acid groups (broad SMARTS) is 1. The summed E-state index contributed by atoms with van der Waals surface area (Å²) in [6, 6.07) is 12.4. The maximum atomic E-state index is 11.0. The van der Waals surface area contributed by atoms with Crippen LogP contribution in [0.2, 0.25) is 10.0 Å². The molecule has 2 aromatic rings. The van der Waals surface area contributed by atoms with E-state index < -0.39 is 5.97 Å². The summed E-state index contributed by atoms with van der Waals surface area (Å²) in [6.45, 7) is 2.41. The minimum Gasteiger partial charge on any atom is -0.492 e. The van der Waals surface area contributed by atoms with Gasteiger partial charge in [0.2, 0.25) is 0 Å². The average molecular weight is 469 g/mol. The number of fused-ring (bicyclic) bond motifs is 2. The van der Waals surface area contributed by atoms with Crippen LogP contribution in [0.15, 0.2) is 36.4 Å². The molecule has 2 heterocycles. The molecule has 2 aromatic carbocycles. The van der Waals surface area contributed by atoms with Gasteiger partial charge in [0.1, 0.15) is 5.75 Å². The Hall–Kier alpha value is -1.46. The molecule has 0 amide bonds. The second-order valence-corrected chi connectivity index (χ2v) is 9.39. The molecule has 1 aliphatic carbocycles. The molecule has 0 bridgehead atoms. The van der Waals surface area contributed by atoms with Crippen LogP contribution in [0.5, 0.6) is 5.75 Å². The number of carboxylic acids is 1. The van der Waals surface area contributed by atoms with Crippen LogP contribution in [0.25, 0.3) is 0 Å². The van der Waals surface area contributed by atoms with Gasteiger partial charge >= 0.3 is 5.97 Å². The minimum absolute atomic E-state index is 0. The smallest absolute Gasteiger partial charge is 0.317 e. The van der Waals surface area contributed by atoms with E-state index in [-0.39, 0.29) is 24.4 Å². The molecule has 2 aliphatic heterocycles. The first-order valence-corrected chi connectivity index (χ1v) is 10.9. The van der Waals surface area contributed by atoms with Crippen molar-refractivity contribution in [3.8, 4) is 5.75 Å². The number of carbonyl (C=O) groups is 1. The summed E-state index contributed by atoms with van der Waals surface area (Å²) in [5.74, 6) is 1.02. The second-order valence-electron chi connectivity index (χ2n) is 8.58. The van der Waals surface area contributed by atoms with Crippen LogP contribution >= 0.6 is 35.6 Å². The number of hydrogen-bond donors (Lipinski definition) is 1. The zero-order valence-electron chi connectivity index (χ0n) is 16.4. The summed E-state index contributed by atoms with van der Waals surface area (Å²) >= 11 is 12.8. The van der Waals surface area contributed by atoms with Gasteiger partial charge in [0.15, 0.2) is 0 Å². The van der Waals surface area contributed by atoms with Crippen molar-refractivity contribution in [3.05, 3.63) is 63.1 Å². The fourth-order valence-corrected chi connectivity index (χ4v) is 5.79. The number of ether oxygens (including phenoxy) is 1. The maximum Gasteiger partial charge on any atom is 0.317 e. The van der Waals surface area contributed by atoms with E-state index in [4.69, 9.17) is 33.0 Å². The van der Waals surface area contributed by atoms with Gasteiger partial charge in [0.25, 0.3) is 0 Å². The van der Waals surface area contributed by atoms with E-state index in [0.717, 1.165) is 53.7 Å². The Kier molecular flexibility index (Phi) is 5.97. The summed E-state index contributed by atoms with van der Waals surface area (Å²) in [6.07, 6.45) is 2.93. The third-order valence-corrected chi connectivity index (χ3v) is 7.50. The van der Waals surface area contributed by atoms with Crippen LogP contribution in [0.1, 0.15) is 47.8 Å². The lowest BCUT2D eigenvalue weighted by Gasteiger charge is -2.37. The molecule has 1 saturated carbocycles. The number of piperidine rings is 1. The summed E-state index contributed by atoms with van der Waals surface area (Å²) in [4.78, 5) is 13.0. The Bertz CT molecular complexity index is 952. The molecule has 3 aliphatic rings. The molecule has 0 aromatic heterocycles. The molecule has 1 N–H and O–H groups in total. The molecule has 5 rings (SSSR count). The van der Waals surface area contributed by atoms with Crippen molar-refractivity contribution in [3.63, 3.8) is 0 Å². The van der Waals surface area contributed by atoms with Gasteiger partial charge in [-0.3, -0.25) is 9.69 Å². The minimum atomic E-state index is -0.758. The predicted molar refractivity (Wildman–Crippen MR) is 121 cm³/mol. The highest BCUT2D eigenvalue weighted by atomic mass is 35.5. The molecule has 7 heteroatoms. The number of aliphatic carboxylic acids is 1. The van der Waals surface area contributed by atoms with E-state index in [2.05, 4.69) is 18.2 Å². The van der Waals surface area contributed by atoms with Crippen molar-refractivity contribution >= 4 is 41.6 Å². The molecule has 2 atom stereocenters. The largest absolute Gasteiger partial charge is 0.492 e. The molecule has 2 unspecified atom stereocenters. The Morgan fingerprint density at radius 1 is 1.13 bits per heavy atom. The summed E-state index contributed by atoms with van der Waals surface area (Å²) < 4.78 is 6.13. The topological polar surface area (TPSA) is 49.8 Å². The fourth-order valence-electron chi connectivity index (χ4n) is 5.11. The molecule has 1 saturated heterocycles. The Morgan fingerprint density at radius 2 is 1.83 bits per heavy atom. The molecule has 30 heavy (non-hydrogen) atoms. The van der Waals surface area contributed by atoms with Crippen LogP contribution in [0, 0.1) is 0 Å². The average Bonchev–Trinajstić information content (AvgIpc) is 3.40. The highest BCUT2D eigenvalue weighted by Crippen LogP contribution is 2.59. The predicted octanol–water partition coefficient (Wildman–Crippen LogP) is 5.50. The lowest BCUT2D eigenvalue weighted by molar-refractivity contribution is -0.138. The number of rotatable bonds is 4. The van der Waals surface area contributed by atoms with E-state index in [1.165, 1.54) is 11.1 Å². The highest BCUT2D eigenvalue weighted by molar-refractivity contribution is 6.36. The quantitative estimate of drug-likeness (QED) is 0.644. The van der Waals surface area contributed by atoms with Crippen molar-refractivity contribution < 1.29 is 14.6 Å². The molecule has 4 nitrogen and oxygen atoms in total. The molecular formula is C23H24Cl3NO3. The number of likely N-dealkylation sites (tertiary alicyclic amines) is 1. The van der Waals surface area contributed by atoms with E-state index in [0.29, 0.717) is 18.4 Å². The van der Waals surface area contributed by atoms with Gasteiger partial charge in [0.05, 0.1) is 13.2 Å². The lowest BCUT2D eigenvalue weighted by Crippen LogP contribution is -2.45. The van der Waals surface area contributed by atoms with Crippen molar-refractivity contribution in [2.24, 2.45) is 0 Å². The Labute approximate surface area is 192 Å². The summed E-state index contributed by atoms with van der Waals surface area (Å²) in [5, 5.41) is 10.5. The molecule has 0 radical (unpaired) electrons. The third-order valence-electron chi connectivity index (χ3n) is 6.84. The zero-order valence-corrected chi connectivity index (χ0v) is 18.8. The van der Waals surface area contributed by atoms with E-state index in [9.17, 15) is 4.79 Å². The maximum absolute atomic E-state index is 11.0. The number of halogens is 3. The lowest BCUT2D eigenvalue weighted by atomic mass is 9.74. The normalized spacial score (nSPS) is 24.1. The van der Waals surface area contributed by atoms with Crippen LogP contribution in [0.3, 0.4) is 0 Å².